The van der Waals surface area contributed by atoms with Gasteiger partial charge in [0.05, 0.1) is 9.67 Å². The van der Waals surface area contributed by atoms with E-state index in [0.29, 0.717) is 0 Å². The minimum absolute atomic E-state index is 0.869. The minimum atomic E-state index is 0.869. The molecule has 1 aliphatic rings. The highest BCUT2D eigenvalue weighted by atomic mass is 33.1. The number of rotatable bonds is 2. The molecule has 1 fully saturated rings. The highest BCUT2D eigenvalue weighted by Gasteiger charge is 2.17. The first-order chi connectivity index (χ1) is 4.29. The third kappa shape index (κ3) is 3.10. The fraction of sp³-hybridized carbons (Fsp3) is 1.00. The van der Waals surface area contributed by atoms with Crippen LogP contribution in [0.3, 0.4) is 0 Å². The molecule has 0 aromatic rings. The summed E-state index contributed by atoms with van der Waals surface area (Å²) in [7, 11) is 4.05. The molecular weight excluding hydrogens is 168 g/mol. The van der Waals surface area contributed by atoms with E-state index < -0.39 is 0 Å². The maximum Gasteiger partial charge on any atom is 0.0617 e. The van der Waals surface area contributed by atoms with Crippen molar-refractivity contribution in [3.8, 4) is 0 Å². The lowest BCUT2D eigenvalue weighted by Crippen LogP contribution is -1.97. The summed E-state index contributed by atoms with van der Waals surface area (Å²) in [5, 5.41) is 1.29. The van der Waals surface area contributed by atoms with Gasteiger partial charge in [-0.3, -0.25) is 0 Å². The Balaban J connectivity index is 2.11. The van der Waals surface area contributed by atoms with Gasteiger partial charge in [-0.25, -0.2) is 0 Å². The quantitative estimate of drug-likeness (QED) is 0.597. The van der Waals surface area contributed by atoms with Crippen LogP contribution in [0.15, 0.2) is 0 Å². The maximum atomic E-state index is 2.30. The first-order valence-electron chi connectivity index (χ1n) is 3.19. The van der Waals surface area contributed by atoms with E-state index in [2.05, 4.69) is 36.4 Å². The Morgan fingerprint density at radius 2 is 2.33 bits per heavy atom. The van der Waals surface area contributed by atoms with Gasteiger partial charge in [0.15, 0.2) is 0 Å². The van der Waals surface area contributed by atoms with Gasteiger partial charge in [0.2, 0.25) is 0 Å². The van der Waals surface area contributed by atoms with E-state index in [1.807, 2.05) is 10.8 Å². The molecule has 0 aliphatic carbocycles. The monoisotopic (exact) mass is 180 g/mol. The van der Waals surface area contributed by atoms with Crippen LogP contribution in [0.5, 0.6) is 0 Å². The van der Waals surface area contributed by atoms with Crippen molar-refractivity contribution in [3.63, 3.8) is 0 Å². The second kappa shape index (κ2) is 4.04. The fourth-order valence-corrected chi connectivity index (χ4v) is 6.33. The summed E-state index contributed by atoms with van der Waals surface area (Å²) in [6.45, 7) is 4.59. The zero-order valence-electron chi connectivity index (χ0n) is 5.79. The summed E-state index contributed by atoms with van der Waals surface area (Å²) in [6, 6.07) is 0. The lowest BCUT2D eigenvalue weighted by Gasteiger charge is -2.08. The molecule has 0 saturated carbocycles. The Labute approximate surface area is 69.3 Å². The summed E-state index contributed by atoms with van der Waals surface area (Å²) >= 11 is 2.10. The normalized spacial score (nSPS) is 27.7. The predicted molar refractivity (Wildman–Crippen MR) is 50.9 cm³/mol. The Morgan fingerprint density at radius 1 is 1.56 bits per heavy atom. The van der Waals surface area contributed by atoms with Crippen LogP contribution in [0.4, 0.5) is 0 Å². The topological polar surface area (TPSA) is 0 Å². The first-order valence-corrected chi connectivity index (χ1v) is 6.62. The smallest absolute Gasteiger partial charge is 0.0617 e. The Morgan fingerprint density at radius 3 is 2.78 bits per heavy atom. The largest absolute Gasteiger partial charge is 0.135 e. The number of thioether (sulfide) groups is 1. The molecule has 0 bridgehead atoms. The molecule has 0 nitrogen and oxygen atoms in total. The van der Waals surface area contributed by atoms with E-state index in [9.17, 15) is 0 Å². The number of hydrogen-bond acceptors (Lipinski definition) is 3. The molecular formula is C6H12S3. The molecule has 9 heavy (non-hydrogen) atoms. The molecule has 1 rings (SSSR count). The molecule has 0 aromatic heterocycles. The van der Waals surface area contributed by atoms with Crippen molar-refractivity contribution < 1.29 is 0 Å². The molecule has 3 heteroatoms. The Hall–Kier alpha value is 1.05. The highest BCUT2D eigenvalue weighted by Crippen LogP contribution is 2.47. The van der Waals surface area contributed by atoms with Crippen LogP contribution in [-0.2, 0) is 0 Å². The van der Waals surface area contributed by atoms with Crippen molar-refractivity contribution in [2.75, 3.05) is 5.08 Å². The molecule has 1 atom stereocenters. The molecule has 0 N–H and O–H groups in total. The highest BCUT2D eigenvalue weighted by molar-refractivity contribution is 8.82. The SMILES string of the molecule is CC(C)CC1SCSS1. The lowest BCUT2D eigenvalue weighted by molar-refractivity contribution is 0.621. The van der Waals surface area contributed by atoms with Crippen molar-refractivity contribution in [2.45, 2.75) is 24.9 Å². The van der Waals surface area contributed by atoms with E-state index in [1.54, 1.807) is 0 Å². The third-order valence-electron chi connectivity index (χ3n) is 1.14. The van der Waals surface area contributed by atoms with Crippen molar-refractivity contribution in [1.29, 1.82) is 0 Å². The fourth-order valence-electron chi connectivity index (χ4n) is 0.727. The van der Waals surface area contributed by atoms with Crippen molar-refractivity contribution in [3.05, 3.63) is 0 Å². The van der Waals surface area contributed by atoms with E-state index in [4.69, 9.17) is 0 Å². The van der Waals surface area contributed by atoms with Gasteiger partial charge in [-0.15, -0.1) is 11.8 Å². The van der Waals surface area contributed by atoms with Crippen LogP contribution in [0, 0.1) is 5.92 Å². The van der Waals surface area contributed by atoms with E-state index in [0.717, 1.165) is 10.5 Å². The average molecular weight is 180 g/mol. The molecule has 1 saturated heterocycles. The first kappa shape index (κ1) is 8.15. The van der Waals surface area contributed by atoms with Gasteiger partial charge >= 0.3 is 0 Å². The van der Waals surface area contributed by atoms with Crippen LogP contribution in [0.1, 0.15) is 20.3 Å². The molecule has 1 aliphatic heterocycles. The predicted octanol–water partition coefficient (Wildman–Crippen LogP) is 3.44. The molecule has 0 amide bonds. The maximum absolute atomic E-state index is 2.30. The van der Waals surface area contributed by atoms with Crippen molar-refractivity contribution in [2.24, 2.45) is 5.92 Å². The standard InChI is InChI=1S/C6H12S3/c1-5(2)3-6-7-4-8-9-6/h5-6H,3-4H2,1-2H3. The lowest BCUT2D eigenvalue weighted by atomic mass is 10.2. The van der Waals surface area contributed by atoms with E-state index in [1.165, 1.54) is 11.5 Å². The molecule has 0 aromatic carbocycles. The average Bonchev–Trinajstić information content (AvgIpc) is 2.15. The van der Waals surface area contributed by atoms with E-state index >= 15 is 0 Å². The van der Waals surface area contributed by atoms with Crippen LogP contribution in [0.2, 0.25) is 0 Å². The van der Waals surface area contributed by atoms with Gasteiger partial charge in [0, 0.05) is 0 Å². The summed E-state index contributed by atoms with van der Waals surface area (Å²) in [5.74, 6) is 0.869. The molecule has 0 radical (unpaired) electrons. The van der Waals surface area contributed by atoms with Gasteiger partial charge in [-0.05, 0) is 12.3 Å². The van der Waals surface area contributed by atoms with Gasteiger partial charge in [-0.1, -0.05) is 35.4 Å². The van der Waals surface area contributed by atoms with Crippen LogP contribution < -0.4 is 0 Å². The van der Waals surface area contributed by atoms with Crippen LogP contribution in [-0.4, -0.2) is 9.67 Å². The minimum Gasteiger partial charge on any atom is -0.135 e. The van der Waals surface area contributed by atoms with Crippen molar-refractivity contribution >= 4 is 33.3 Å². The van der Waals surface area contributed by atoms with Gasteiger partial charge in [0.25, 0.3) is 0 Å². The second-order valence-corrected chi connectivity index (χ2v) is 6.98. The summed E-state index contributed by atoms with van der Waals surface area (Å²) < 4.78 is 0.884. The number of hydrogen-bond donors (Lipinski definition) is 0. The van der Waals surface area contributed by atoms with E-state index in [-0.39, 0.29) is 0 Å². The van der Waals surface area contributed by atoms with Crippen LogP contribution >= 0.6 is 33.3 Å². The van der Waals surface area contributed by atoms with Crippen molar-refractivity contribution in [1.82, 2.24) is 0 Å². The summed E-state index contributed by atoms with van der Waals surface area (Å²) in [5.41, 5.74) is 0. The zero-order chi connectivity index (χ0) is 6.69. The molecule has 54 valence electrons. The van der Waals surface area contributed by atoms with Gasteiger partial charge in [-0.2, -0.15) is 0 Å². The Kier molecular flexibility index (Phi) is 3.66. The summed E-state index contributed by atoms with van der Waals surface area (Å²) in [6.07, 6.45) is 1.38. The second-order valence-electron chi connectivity index (χ2n) is 2.56. The molecule has 1 heterocycles. The zero-order valence-corrected chi connectivity index (χ0v) is 8.24. The molecule has 1 unspecified atom stereocenters. The van der Waals surface area contributed by atoms with Gasteiger partial charge < -0.3 is 0 Å². The van der Waals surface area contributed by atoms with Gasteiger partial charge in [0.1, 0.15) is 0 Å². The Bertz CT molecular complexity index is 76.4. The third-order valence-corrected chi connectivity index (χ3v) is 6.21. The summed E-state index contributed by atoms with van der Waals surface area (Å²) in [4.78, 5) is 0. The van der Waals surface area contributed by atoms with Crippen LogP contribution in [0.25, 0.3) is 0 Å². The molecule has 0 spiro atoms.